The fraction of sp³-hybridized carbons (Fsp3) is 0.412. The van der Waals surface area contributed by atoms with E-state index >= 15 is 0 Å². The number of carbonyl (C=O) groups is 1. The van der Waals surface area contributed by atoms with Crippen LogP contribution in [0.2, 0.25) is 0 Å². The van der Waals surface area contributed by atoms with Crippen LogP contribution < -0.4 is 9.64 Å². The molecule has 0 saturated carbocycles. The molecule has 24 heavy (non-hydrogen) atoms. The highest BCUT2D eigenvalue weighted by Crippen LogP contribution is 2.21. The maximum absolute atomic E-state index is 12.5. The van der Waals surface area contributed by atoms with Crippen molar-refractivity contribution in [2.24, 2.45) is 0 Å². The largest absolute Gasteiger partial charge is 0.492 e. The number of aromatic nitrogens is 1. The zero-order chi connectivity index (χ0) is 17.5. The molecule has 0 spiro atoms. The van der Waals surface area contributed by atoms with Gasteiger partial charge in [-0.2, -0.15) is 0 Å². The number of rotatable bonds is 8. The number of anilines is 1. The van der Waals surface area contributed by atoms with E-state index in [0.717, 1.165) is 23.0 Å². The molecular formula is C17H23N3O3S. The molecule has 0 saturated heterocycles. The number of thiazole rings is 1. The predicted molar refractivity (Wildman–Crippen MR) is 96.1 cm³/mol. The van der Waals surface area contributed by atoms with Gasteiger partial charge in [-0.1, -0.05) is 0 Å². The van der Waals surface area contributed by atoms with Crippen molar-refractivity contribution in [2.75, 3.05) is 46.3 Å². The highest BCUT2D eigenvalue weighted by atomic mass is 32.1. The van der Waals surface area contributed by atoms with Gasteiger partial charge in [0.25, 0.3) is 5.91 Å². The molecular weight excluding hydrogens is 326 g/mol. The van der Waals surface area contributed by atoms with E-state index in [1.807, 2.05) is 38.4 Å². The fourth-order valence-electron chi connectivity index (χ4n) is 2.00. The molecule has 6 nitrogen and oxygen atoms in total. The second kappa shape index (κ2) is 8.77. The minimum absolute atomic E-state index is 0.144. The maximum Gasteiger partial charge on any atom is 0.277 e. The van der Waals surface area contributed by atoms with Gasteiger partial charge in [0.05, 0.1) is 6.61 Å². The Balaban J connectivity index is 1.97. The monoisotopic (exact) mass is 349 g/mol. The third-order valence-corrected chi connectivity index (χ3v) is 4.20. The van der Waals surface area contributed by atoms with Gasteiger partial charge in [-0.25, -0.2) is 4.98 Å². The van der Waals surface area contributed by atoms with Crippen molar-refractivity contribution >= 4 is 22.9 Å². The summed E-state index contributed by atoms with van der Waals surface area (Å²) in [6, 6.07) is 7.47. The van der Waals surface area contributed by atoms with Gasteiger partial charge in [0, 0.05) is 31.8 Å². The Morgan fingerprint density at radius 1 is 1.21 bits per heavy atom. The van der Waals surface area contributed by atoms with E-state index in [1.165, 1.54) is 11.3 Å². The average molecular weight is 349 g/mol. The summed E-state index contributed by atoms with van der Waals surface area (Å²) in [6.45, 7) is 1.90. The van der Waals surface area contributed by atoms with Crippen LogP contribution in [0, 0.1) is 0 Å². The average Bonchev–Trinajstić information content (AvgIpc) is 3.03. The zero-order valence-electron chi connectivity index (χ0n) is 14.5. The number of carbonyl (C=O) groups excluding carboxylic acids is 1. The second-order valence-electron chi connectivity index (χ2n) is 5.57. The lowest BCUT2D eigenvalue weighted by Crippen LogP contribution is -2.26. The Labute approximate surface area is 146 Å². The first-order valence-electron chi connectivity index (χ1n) is 7.60. The van der Waals surface area contributed by atoms with Gasteiger partial charge in [0.15, 0.2) is 0 Å². The molecule has 1 heterocycles. The minimum atomic E-state index is -0.144. The fourth-order valence-corrected chi connectivity index (χ4v) is 2.74. The van der Waals surface area contributed by atoms with Crippen LogP contribution in [0.5, 0.6) is 5.75 Å². The highest BCUT2D eigenvalue weighted by molar-refractivity contribution is 7.09. The lowest BCUT2D eigenvalue weighted by atomic mass is 10.2. The molecule has 1 aromatic heterocycles. The summed E-state index contributed by atoms with van der Waals surface area (Å²) in [6.07, 6.45) is 0. The normalized spacial score (nSPS) is 10.9. The Morgan fingerprint density at radius 2 is 1.92 bits per heavy atom. The molecule has 0 radical (unpaired) electrons. The van der Waals surface area contributed by atoms with Crippen molar-refractivity contribution in [1.29, 1.82) is 0 Å². The van der Waals surface area contributed by atoms with E-state index in [4.69, 9.17) is 9.47 Å². The third kappa shape index (κ3) is 5.02. The molecule has 0 fully saturated rings. The minimum Gasteiger partial charge on any atom is -0.492 e. The van der Waals surface area contributed by atoms with E-state index in [-0.39, 0.29) is 5.91 Å². The van der Waals surface area contributed by atoms with Gasteiger partial charge in [-0.3, -0.25) is 4.79 Å². The number of hydrogen-bond donors (Lipinski definition) is 0. The molecule has 0 aliphatic carbocycles. The van der Waals surface area contributed by atoms with Crippen molar-refractivity contribution in [1.82, 2.24) is 9.88 Å². The van der Waals surface area contributed by atoms with Crippen molar-refractivity contribution in [2.45, 2.75) is 6.61 Å². The maximum atomic E-state index is 12.5. The van der Waals surface area contributed by atoms with Gasteiger partial charge in [0.1, 0.15) is 23.1 Å². The quantitative estimate of drug-likeness (QED) is 0.733. The molecule has 0 aliphatic heterocycles. The third-order valence-electron chi connectivity index (χ3n) is 3.37. The van der Waals surface area contributed by atoms with Crippen molar-refractivity contribution in [3.63, 3.8) is 0 Å². The van der Waals surface area contributed by atoms with Crippen LogP contribution in [0.3, 0.4) is 0 Å². The summed E-state index contributed by atoms with van der Waals surface area (Å²) in [7, 11) is 7.35. The van der Waals surface area contributed by atoms with Crippen molar-refractivity contribution in [3.05, 3.63) is 40.3 Å². The standard InChI is InChI=1S/C17H23N3O3S/c1-19(2)9-10-23-14-7-5-13(6-8-14)20(3)17(21)15-12-24-16(18-15)11-22-4/h5-8,12H,9-11H2,1-4H3. The second-order valence-corrected chi connectivity index (χ2v) is 6.51. The Hall–Kier alpha value is -1.96. The molecule has 2 rings (SSSR count). The number of amides is 1. The first kappa shape index (κ1) is 18.4. The SMILES string of the molecule is COCc1nc(C(=O)N(C)c2ccc(OCCN(C)C)cc2)cs1. The van der Waals surface area contributed by atoms with Gasteiger partial charge in [-0.05, 0) is 38.4 Å². The highest BCUT2D eigenvalue weighted by Gasteiger charge is 2.17. The molecule has 0 unspecified atom stereocenters. The molecule has 0 bridgehead atoms. The van der Waals surface area contributed by atoms with Crippen LogP contribution in [0.4, 0.5) is 5.69 Å². The number of methoxy groups -OCH3 is 1. The Morgan fingerprint density at radius 3 is 2.54 bits per heavy atom. The topological polar surface area (TPSA) is 54.9 Å². The smallest absolute Gasteiger partial charge is 0.277 e. The van der Waals surface area contributed by atoms with E-state index in [2.05, 4.69) is 9.88 Å². The van der Waals surface area contributed by atoms with E-state index in [1.54, 1.807) is 24.4 Å². The molecule has 7 heteroatoms. The van der Waals surface area contributed by atoms with Crippen LogP contribution in [0.15, 0.2) is 29.6 Å². The molecule has 0 aliphatic rings. The van der Waals surface area contributed by atoms with Crippen LogP contribution in [0.25, 0.3) is 0 Å². The lowest BCUT2D eigenvalue weighted by Gasteiger charge is -2.17. The molecule has 2 aromatic rings. The van der Waals surface area contributed by atoms with Gasteiger partial charge in [0.2, 0.25) is 0 Å². The predicted octanol–water partition coefficient (Wildman–Crippen LogP) is 2.51. The summed E-state index contributed by atoms with van der Waals surface area (Å²) in [4.78, 5) is 20.4. The molecule has 0 atom stereocenters. The number of nitrogens with zero attached hydrogens (tertiary/aromatic N) is 3. The van der Waals surface area contributed by atoms with Gasteiger partial charge in [-0.15, -0.1) is 11.3 Å². The zero-order valence-corrected chi connectivity index (χ0v) is 15.3. The van der Waals surface area contributed by atoms with Crippen molar-refractivity contribution in [3.8, 4) is 5.75 Å². The van der Waals surface area contributed by atoms with E-state index in [0.29, 0.717) is 18.9 Å². The van der Waals surface area contributed by atoms with Crippen LogP contribution in [-0.2, 0) is 11.3 Å². The summed E-state index contributed by atoms with van der Waals surface area (Å²) in [5.74, 6) is 0.646. The number of hydrogen-bond acceptors (Lipinski definition) is 6. The number of ether oxygens (including phenoxy) is 2. The first-order chi connectivity index (χ1) is 11.5. The van der Waals surface area contributed by atoms with Gasteiger partial charge >= 0.3 is 0 Å². The summed E-state index contributed by atoms with van der Waals surface area (Å²) < 4.78 is 10.7. The van der Waals surface area contributed by atoms with E-state index in [9.17, 15) is 4.79 Å². The molecule has 0 N–H and O–H groups in total. The summed E-state index contributed by atoms with van der Waals surface area (Å²) in [5, 5.41) is 2.55. The van der Waals surface area contributed by atoms with Gasteiger partial charge < -0.3 is 19.3 Å². The number of benzene rings is 1. The van der Waals surface area contributed by atoms with E-state index < -0.39 is 0 Å². The van der Waals surface area contributed by atoms with Crippen molar-refractivity contribution < 1.29 is 14.3 Å². The molecule has 1 amide bonds. The first-order valence-corrected chi connectivity index (χ1v) is 8.48. The molecule has 1 aromatic carbocycles. The number of likely N-dealkylation sites (N-methyl/N-ethyl adjacent to an activating group) is 1. The summed E-state index contributed by atoms with van der Waals surface area (Å²) >= 11 is 1.42. The Bertz CT molecular complexity index is 655. The van der Waals surface area contributed by atoms with Crippen LogP contribution in [0.1, 0.15) is 15.5 Å². The summed E-state index contributed by atoms with van der Waals surface area (Å²) in [5.41, 5.74) is 1.22. The Kier molecular flexibility index (Phi) is 6.72. The van der Waals surface area contributed by atoms with Crippen LogP contribution >= 0.6 is 11.3 Å². The molecule has 130 valence electrons. The lowest BCUT2D eigenvalue weighted by molar-refractivity contribution is 0.0988. The van der Waals surface area contributed by atoms with Crippen LogP contribution in [-0.4, -0.2) is 57.2 Å².